The van der Waals surface area contributed by atoms with Crippen molar-refractivity contribution >= 4 is 17.5 Å². The monoisotopic (exact) mass is 351 g/mol. The lowest BCUT2D eigenvalue weighted by molar-refractivity contribution is -0.141. The minimum Gasteiger partial charge on any atom is -0.481 e. The van der Waals surface area contributed by atoms with Crippen molar-refractivity contribution in [3.63, 3.8) is 0 Å². The van der Waals surface area contributed by atoms with Gasteiger partial charge in [-0.15, -0.1) is 0 Å². The summed E-state index contributed by atoms with van der Waals surface area (Å²) in [5, 5.41) is 13.8. The molecule has 0 saturated carbocycles. The molecule has 4 heterocycles. The zero-order valence-electron chi connectivity index (χ0n) is 14.1. The van der Waals surface area contributed by atoms with Crippen LogP contribution in [0.3, 0.4) is 0 Å². The molecular weight excluding hydrogens is 334 g/mol. The molecule has 0 aliphatic carbocycles. The van der Waals surface area contributed by atoms with Gasteiger partial charge in [-0.2, -0.15) is 5.10 Å². The molecular formula is C18H17N5O3. The molecule has 3 aromatic heterocycles. The Bertz CT molecular complexity index is 985. The quantitative estimate of drug-likeness (QED) is 0.765. The molecule has 1 N–H and O–H groups in total. The number of carbonyl (C=O) groups excluding carboxylic acids is 1. The van der Waals surface area contributed by atoms with Gasteiger partial charge in [0.2, 0.25) is 0 Å². The van der Waals surface area contributed by atoms with Crippen LogP contribution in [0.2, 0.25) is 0 Å². The first-order valence-corrected chi connectivity index (χ1v) is 8.27. The Morgan fingerprint density at radius 3 is 2.65 bits per heavy atom. The van der Waals surface area contributed by atoms with E-state index in [0.717, 1.165) is 5.56 Å². The Morgan fingerprint density at radius 2 is 1.92 bits per heavy atom. The van der Waals surface area contributed by atoms with Gasteiger partial charge in [-0.05, 0) is 24.6 Å². The zero-order chi connectivity index (χ0) is 18.3. The average Bonchev–Trinajstić information content (AvgIpc) is 3.30. The second-order valence-corrected chi connectivity index (χ2v) is 6.40. The van der Waals surface area contributed by atoms with Gasteiger partial charge in [0.25, 0.3) is 5.91 Å². The number of hydrogen-bond donors (Lipinski definition) is 1. The van der Waals surface area contributed by atoms with Crippen molar-refractivity contribution in [2.24, 2.45) is 5.92 Å². The number of carboxylic acids is 1. The minimum atomic E-state index is -0.903. The molecule has 2 atom stereocenters. The lowest BCUT2D eigenvalue weighted by Crippen LogP contribution is -2.31. The SMILES string of the molecule is Cc1c(C(=O)N2C[C@@H](C(=O)O)[C@H](c3ccncc3)C2)cnc2ccnn12. The number of hydrogen-bond acceptors (Lipinski definition) is 5. The van der Waals surface area contributed by atoms with Crippen LogP contribution in [0.4, 0.5) is 0 Å². The van der Waals surface area contributed by atoms with Crippen molar-refractivity contribution in [2.45, 2.75) is 12.8 Å². The Kier molecular flexibility index (Phi) is 3.87. The maximum absolute atomic E-state index is 13.0. The number of aryl methyl sites for hydroxylation is 1. The van der Waals surface area contributed by atoms with Crippen LogP contribution in [0.25, 0.3) is 5.65 Å². The highest BCUT2D eigenvalue weighted by molar-refractivity contribution is 5.96. The molecule has 0 spiro atoms. The number of aliphatic carboxylic acids is 1. The topological polar surface area (TPSA) is 101 Å². The van der Waals surface area contributed by atoms with Gasteiger partial charge in [0.05, 0.1) is 23.4 Å². The first-order valence-electron chi connectivity index (χ1n) is 8.27. The van der Waals surface area contributed by atoms with E-state index in [4.69, 9.17) is 0 Å². The third-order valence-electron chi connectivity index (χ3n) is 4.95. The molecule has 1 amide bonds. The van der Waals surface area contributed by atoms with E-state index in [1.807, 2.05) is 0 Å². The number of carboxylic acid groups (broad SMARTS) is 1. The molecule has 3 aromatic rings. The van der Waals surface area contributed by atoms with E-state index < -0.39 is 11.9 Å². The second kappa shape index (κ2) is 6.21. The van der Waals surface area contributed by atoms with Gasteiger partial charge in [-0.3, -0.25) is 14.6 Å². The lowest BCUT2D eigenvalue weighted by atomic mass is 9.90. The van der Waals surface area contributed by atoms with Gasteiger partial charge in [-0.1, -0.05) is 0 Å². The molecule has 1 fully saturated rings. The number of rotatable bonds is 3. The van der Waals surface area contributed by atoms with Crippen LogP contribution in [-0.2, 0) is 4.79 Å². The minimum absolute atomic E-state index is 0.164. The third-order valence-corrected chi connectivity index (χ3v) is 4.95. The van der Waals surface area contributed by atoms with Gasteiger partial charge in [0.1, 0.15) is 0 Å². The summed E-state index contributed by atoms with van der Waals surface area (Å²) in [4.78, 5) is 34.6. The fourth-order valence-electron chi connectivity index (χ4n) is 3.54. The largest absolute Gasteiger partial charge is 0.481 e. The second-order valence-electron chi connectivity index (χ2n) is 6.40. The molecule has 1 aliphatic heterocycles. The van der Waals surface area contributed by atoms with Crippen LogP contribution in [0.5, 0.6) is 0 Å². The maximum atomic E-state index is 13.0. The van der Waals surface area contributed by atoms with Crippen LogP contribution in [0, 0.1) is 12.8 Å². The molecule has 8 nitrogen and oxygen atoms in total. The summed E-state index contributed by atoms with van der Waals surface area (Å²) in [6.07, 6.45) is 6.43. The normalized spacial score (nSPS) is 19.8. The Hall–Kier alpha value is -3.29. The van der Waals surface area contributed by atoms with Crippen LogP contribution in [0.15, 0.2) is 43.0 Å². The Labute approximate surface area is 149 Å². The predicted molar refractivity (Wildman–Crippen MR) is 91.7 cm³/mol. The van der Waals surface area contributed by atoms with Gasteiger partial charge >= 0.3 is 5.97 Å². The van der Waals surface area contributed by atoms with Gasteiger partial charge in [-0.25, -0.2) is 9.50 Å². The van der Waals surface area contributed by atoms with E-state index in [-0.39, 0.29) is 18.4 Å². The van der Waals surface area contributed by atoms with Gasteiger partial charge in [0, 0.05) is 43.7 Å². The van der Waals surface area contributed by atoms with Crippen molar-refractivity contribution in [2.75, 3.05) is 13.1 Å². The number of likely N-dealkylation sites (tertiary alicyclic amines) is 1. The summed E-state index contributed by atoms with van der Waals surface area (Å²) in [6.45, 7) is 2.31. The van der Waals surface area contributed by atoms with Gasteiger partial charge < -0.3 is 10.0 Å². The fraction of sp³-hybridized carbons (Fsp3) is 0.278. The maximum Gasteiger partial charge on any atom is 0.308 e. The van der Waals surface area contributed by atoms with Crippen molar-refractivity contribution < 1.29 is 14.7 Å². The summed E-state index contributed by atoms with van der Waals surface area (Å²) < 4.78 is 1.61. The summed E-state index contributed by atoms with van der Waals surface area (Å²) in [6, 6.07) is 5.37. The fourth-order valence-corrected chi connectivity index (χ4v) is 3.54. The third kappa shape index (κ3) is 2.59. The van der Waals surface area contributed by atoms with Gasteiger partial charge in [0.15, 0.2) is 5.65 Å². The molecule has 8 heteroatoms. The molecule has 0 unspecified atom stereocenters. The summed E-state index contributed by atoms with van der Waals surface area (Å²) >= 11 is 0. The van der Waals surface area contributed by atoms with E-state index in [1.165, 1.54) is 6.20 Å². The highest BCUT2D eigenvalue weighted by atomic mass is 16.4. The standard InChI is InChI=1S/C18H17N5O3/c1-11-13(8-20-16-4-7-21-23(11)16)17(24)22-9-14(15(10-22)18(25)26)12-2-5-19-6-3-12/h2-8,14-15H,9-10H2,1H3,(H,25,26)/t14-,15+/m0/s1. The van der Waals surface area contributed by atoms with E-state index in [0.29, 0.717) is 23.4 Å². The number of nitrogens with zero attached hydrogens (tertiary/aromatic N) is 5. The van der Waals surface area contributed by atoms with E-state index in [2.05, 4.69) is 15.1 Å². The molecule has 26 heavy (non-hydrogen) atoms. The summed E-state index contributed by atoms with van der Waals surface area (Å²) in [7, 11) is 0. The Morgan fingerprint density at radius 1 is 1.15 bits per heavy atom. The highest BCUT2D eigenvalue weighted by Crippen LogP contribution is 2.33. The van der Waals surface area contributed by atoms with Crippen LogP contribution in [0.1, 0.15) is 27.5 Å². The number of pyridine rings is 1. The van der Waals surface area contributed by atoms with Crippen molar-refractivity contribution in [1.29, 1.82) is 0 Å². The first-order chi connectivity index (χ1) is 12.6. The number of aromatic nitrogens is 4. The molecule has 0 aromatic carbocycles. The number of amides is 1. The van der Waals surface area contributed by atoms with E-state index in [9.17, 15) is 14.7 Å². The number of carbonyl (C=O) groups is 2. The molecule has 132 valence electrons. The smallest absolute Gasteiger partial charge is 0.308 e. The molecule has 1 aliphatic rings. The van der Waals surface area contributed by atoms with E-state index >= 15 is 0 Å². The van der Waals surface area contributed by atoms with Crippen molar-refractivity contribution in [3.05, 3.63) is 59.8 Å². The average molecular weight is 351 g/mol. The predicted octanol–water partition coefficient (Wildman–Crippen LogP) is 1.37. The summed E-state index contributed by atoms with van der Waals surface area (Å²) in [5.41, 5.74) is 2.66. The summed E-state index contributed by atoms with van der Waals surface area (Å²) in [5.74, 6) is -2.04. The van der Waals surface area contributed by atoms with Crippen LogP contribution >= 0.6 is 0 Å². The lowest BCUT2D eigenvalue weighted by Gasteiger charge is -2.17. The number of fused-ring (bicyclic) bond motifs is 1. The highest BCUT2D eigenvalue weighted by Gasteiger charge is 2.41. The Balaban J connectivity index is 1.66. The zero-order valence-corrected chi connectivity index (χ0v) is 14.1. The van der Waals surface area contributed by atoms with E-state index in [1.54, 1.807) is 53.1 Å². The molecule has 4 rings (SSSR count). The van der Waals surface area contributed by atoms with Crippen molar-refractivity contribution in [1.82, 2.24) is 24.5 Å². The van der Waals surface area contributed by atoms with Crippen molar-refractivity contribution in [3.8, 4) is 0 Å². The van der Waals surface area contributed by atoms with Crippen LogP contribution < -0.4 is 0 Å². The first kappa shape index (κ1) is 16.2. The molecule has 0 bridgehead atoms. The van der Waals surface area contributed by atoms with Crippen LogP contribution in [-0.4, -0.2) is 54.6 Å². The molecule has 0 radical (unpaired) electrons. The molecule has 1 saturated heterocycles.